The van der Waals surface area contributed by atoms with Crippen LogP contribution >= 0.6 is 0 Å². The second kappa shape index (κ2) is 9.12. The molecule has 178 valence electrons. The first-order valence-corrected chi connectivity index (χ1v) is 12.1. The van der Waals surface area contributed by atoms with E-state index in [0.29, 0.717) is 32.1 Å². The highest BCUT2D eigenvalue weighted by Crippen LogP contribution is 2.44. The van der Waals surface area contributed by atoms with E-state index in [0.717, 1.165) is 17.5 Å². The Balaban J connectivity index is 1.16. The minimum atomic E-state index is -0.799. The van der Waals surface area contributed by atoms with Crippen molar-refractivity contribution in [2.24, 2.45) is 11.3 Å². The molecule has 0 spiro atoms. The lowest BCUT2D eigenvalue weighted by Gasteiger charge is -2.40. The molecule has 0 unspecified atom stereocenters. The van der Waals surface area contributed by atoms with Crippen LogP contribution < -0.4 is 10.6 Å². The summed E-state index contributed by atoms with van der Waals surface area (Å²) in [7, 11) is 0. The molecule has 7 nitrogen and oxygen atoms in total. The lowest BCUT2D eigenvalue weighted by atomic mass is 9.68. The van der Waals surface area contributed by atoms with Gasteiger partial charge in [0.25, 0.3) is 0 Å². The number of rotatable bonds is 7. The summed E-state index contributed by atoms with van der Waals surface area (Å²) >= 11 is 0. The van der Waals surface area contributed by atoms with Crippen molar-refractivity contribution in [1.82, 2.24) is 10.6 Å². The minimum Gasteiger partial charge on any atom is -0.481 e. The molecule has 3 N–H and O–H groups in total. The molecule has 0 saturated heterocycles. The normalized spacial score (nSPS) is 22.2. The van der Waals surface area contributed by atoms with Crippen LogP contribution in [-0.2, 0) is 14.3 Å². The highest BCUT2D eigenvalue weighted by Gasteiger charge is 2.45. The Bertz CT molecular complexity index is 1060. The maximum Gasteiger partial charge on any atom is 0.407 e. The number of benzene rings is 2. The Labute approximate surface area is 198 Å². The molecular formula is C27H30N2O5. The highest BCUT2D eigenvalue weighted by molar-refractivity contribution is 5.85. The number of carbonyl (C=O) groups is 3. The average Bonchev–Trinajstić information content (AvgIpc) is 3.40. The van der Waals surface area contributed by atoms with E-state index in [1.807, 2.05) is 24.3 Å². The Morgan fingerprint density at radius 1 is 0.971 bits per heavy atom. The molecule has 0 aliphatic heterocycles. The van der Waals surface area contributed by atoms with Crippen LogP contribution in [0.3, 0.4) is 0 Å². The van der Waals surface area contributed by atoms with Gasteiger partial charge in [0, 0.05) is 18.5 Å². The lowest BCUT2D eigenvalue weighted by molar-refractivity contribution is -0.142. The smallest absolute Gasteiger partial charge is 0.407 e. The number of alkyl carbamates (subject to hydrolysis) is 1. The molecule has 2 fully saturated rings. The van der Waals surface area contributed by atoms with E-state index in [2.05, 4.69) is 34.9 Å². The number of ether oxygens (including phenoxy) is 1. The fourth-order valence-corrected chi connectivity index (χ4v) is 5.65. The largest absolute Gasteiger partial charge is 0.481 e. The van der Waals surface area contributed by atoms with E-state index in [1.54, 1.807) is 0 Å². The van der Waals surface area contributed by atoms with Crippen molar-refractivity contribution < 1.29 is 24.2 Å². The van der Waals surface area contributed by atoms with Crippen LogP contribution in [0.4, 0.5) is 4.79 Å². The van der Waals surface area contributed by atoms with Crippen LogP contribution in [0.2, 0.25) is 0 Å². The van der Waals surface area contributed by atoms with E-state index in [1.165, 1.54) is 11.1 Å². The van der Waals surface area contributed by atoms with Crippen LogP contribution in [0.5, 0.6) is 0 Å². The summed E-state index contributed by atoms with van der Waals surface area (Å²) < 4.78 is 5.61. The van der Waals surface area contributed by atoms with Gasteiger partial charge in [-0.15, -0.1) is 0 Å². The summed E-state index contributed by atoms with van der Waals surface area (Å²) in [6, 6.07) is 16.3. The average molecular weight is 463 g/mol. The quantitative estimate of drug-likeness (QED) is 0.576. The number of carbonyl (C=O) groups excluding carboxylic acids is 2. The Morgan fingerprint density at radius 3 is 2.18 bits per heavy atom. The Morgan fingerprint density at radius 2 is 1.62 bits per heavy atom. The van der Waals surface area contributed by atoms with Gasteiger partial charge in [0.05, 0.1) is 11.3 Å². The third-order valence-electron chi connectivity index (χ3n) is 7.82. The van der Waals surface area contributed by atoms with Crippen molar-refractivity contribution in [2.45, 2.75) is 50.5 Å². The predicted molar refractivity (Wildman–Crippen MR) is 126 cm³/mol. The topological polar surface area (TPSA) is 105 Å². The predicted octanol–water partition coefficient (Wildman–Crippen LogP) is 4.06. The summed E-state index contributed by atoms with van der Waals surface area (Å²) in [5.41, 5.74) is 4.03. The molecule has 0 heterocycles. The van der Waals surface area contributed by atoms with Gasteiger partial charge in [-0.3, -0.25) is 9.59 Å². The van der Waals surface area contributed by atoms with Crippen LogP contribution in [0.25, 0.3) is 11.1 Å². The Kier molecular flexibility index (Phi) is 6.02. The first kappa shape index (κ1) is 22.4. The molecule has 5 rings (SSSR count). The number of amides is 2. The van der Waals surface area contributed by atoms with Crippen molar-refractivity contribution in [3.63, 3.8) is 0 Å². The maximum absolute atomic E-state index is 13.0. The maximum atomic E-state index is 13.0. The number of hydrogen-bond acceptors (Lipinski definition) is 4. The van der Waals surface area contributed by atoms with Gasteiger partial charge in [-0.05, 0) is 54.4 Å². The monoisotopic (exact) mass is 462 g/mol. The minimum absolute atomic E-state index is 0.0105. The van der Waals surface area contributed by atoms with Crippen LogP contribution in [0, 0.1) is 11.3 Å². The van der Waals surface area contributed by atoms with Crippen molar-refractivity contribution in [2.75, 3.05) is 13.2 Å². The van der Waals surface area contributed by atoms with Crippen LogP contribution in [0.15, 0.2) is 48.5 Å². The molecule has 2 saturated carbocycles. The first-order chi connectivity index (χ1) is 16.5. The molecule has 7 heteroatoms. The van der Waals surface area contributed by atoms with Gasteiger partial charge in [-0.2, -0.15) is 0 Å². The van der Waals surface area contributed by atoms with Crippen molar-refractivity contribution in [3.8, 4) is 11.1 Å². The van der Waals surface area contributed by atoms with Gasteiger partial charge in [-0.1, -0.05) is 55.0 Å². The van der Waals surface area contributed by atoms with Crippen molar-refractivity contribution >= 4 is 18.0 Å². The zero-order chi connectivity index (χ0) is 23.7. The molecule has 2 amide bonds. The van der Waals surface area contributed by atoms with Gasteiger partial charge in [0.2, 0.25) is 5.91 Å². The summed E-state index contributed by atoms with van der Waals surface area (Å²) in [4.78, 5) is 36.7. The number of fused-ring (bicyclic) bond motifs is 3. The van der Waals surface area contributed by atoms with Crippen LogP contribution in [0.1, 0.15) is 55.6 Å². The number of hydrogen-bond donors (Lipinski definition) is 3. The zero-order valence-electron chi connectivity index (χ0n) is 19.1. The zero-order valence-corrected chi connectivity index (χ0v) is 19.1. The lowest BCUT2D eigenvalue weighted by Crippen LogP contribution is -2.54. The van der Waals surface area contributed by atoms with Gasteiger partial charge in [0.15, 0.2) is 0 Å². The molecular weight excluding hydrogens is 432 g/mol. The molecule has 2 aromatic carbocycles. The van der Waals surface area contributed by atoms with Crippen LogP contribution in [-0.4, -0.2) is 42.3 Å². The summed E-state index contributed by atoms with van der Waals surface area (Å²) in [6.07, 6.45) is 3.56. The fourth-order valence-electron chi connectivity index (χ4n) is 5.65. The summed E-state index contributed by atoms with van der Waals surface area (Å²) in [5.74, 6) is -1.29. The number of carboxylic acid groups (broad SMARTS) is 1. The number of aliphatic carboxylic acids is 1. The molecule has 34 heavy (non-hydrogen) atoms. The molecule has 2 atom stereocenters. The Hall–Kier alpha value is -3.35. The van der Waals surface area contributed by atoms with Gasteiger partial charge in [0.1, 0.15) is 6.61 Å². The van der Waals surface area contributed by atoms with E-state index in [4.69, 9.17) is 4.74 Å². The van der Waals surface area contributed by atoms with E-state index in [9.17, 15) is 19.5 Å². The van der Waals surface area contributed by atoms with E-state index >= 15 is 0 Å². The van der Waals surface area contributed by atoms with E-state index < -0.39 is 17.5 Å². The SMILES string of the molecule is O=C(NCC1(C(=O)N[C@H]2CC[C@@H](C(=O)O)C2)CCC1)OCC1c2ccccc2-c2ccccc21. The summed E-state index contributed by atoms with van der Waals surface area (Å²) in [6.45, 7) is 0.461. The molecule has 2 aromatic rings. The van der Waals surface area contributed by atoms with Gasteiger partial charge >= 0.3 is 12.1 Å². The molecule has 0 radical (unpaired) electrons. The molecule has 0 aromatic heterocycles. The van der Waals surface area contributed by atoms with Gasteiger partial charge in [-0.25, -0.2) is 4.79 Å². The second-order valence-electron chi connectivity index (χ2n) is 9.83. The third kappa shape index (κ3) is 4.15. The molecule has 3 aliphatic rings. The van der Waals surface area contributed by atoms with Crippen molar-refractivity contribution in [3.05, 3.63) is 59.7 Å². The second-order valence-corrected chi connectivity index (χ2v) is 9.83. The molecule has 3 aliphatic carbocycles. The number of nitrogens with one attached hydrogen (secondary N) is 2. The first-order valence-electron chi connectivity index (χ1n) is 12.1. The van der Waals surface area contributed by atoms with Crippen molar-refractivity contribution in [1.29, 1.82) is 0 Å². The van der Waals surface area contributed by atoms with Gasteiger partial charge < -0.3 is 20.5 Å². The molecule has 0 bridgehead atoms. The number of carboxylic acids is 1. The fraction of sp³-hybridized carbons (Fsp3) is 0.444. The summed E-state index contributed by atoms with van der Waals surface area (Å²) in [5, 5.41) is 15.0. The third-order valence-corrected chi connectivity index (χ3v) is 7.82. The standard InChI is InChI=1S/C27H30N2O5/c30-24(31)17-10-11-18(14-17)29-25(32)27(12-5-13-27)16-28-26(33)34-15-23-21-8-3-1-6-19(21)20-7-2-4-9-22(20)23/h1-4,6-9,17-18,23H,5,10-16H2,(H,28,33)(H,29,32)(H,30,31)/t17-,18+/m1/s1. The van der Waals surface area contributed by atoms with E-state index in [-0.39, 0.29) is 36.9 Å². The highest BCUT2D eigenvalue weighted by atomic mass is 16.5.